The number of hydrogen-bond donors (Lipinski definition) is 2. The van der Waals surface area contributed by atoms with Gasteiger partial charge in [0.25, 0.3) is 5.91 Å². The van der Waals surface area contributed by atoms with Gasteiger partial charge >= 0.3 is 0 Å². The Morgan fingerprint density at radius 3 is 2.31 bits per heavy atom. The monoisotopic (exact) mass is 485 g/mol. The van der Waals surface area contributed by atoms with Crippen LogP contribution in [0, 0.1) is 11.6 Å². The van der Waals surface area contributed by atoms with E-state index in [9.17, 15) is 18.4 Å². The number of nitrogens with one attached hydrogen (secondary N) is 2. The number of halogens is 2. The third-order valence-electron chi connectivity index (χ3n) is 6.99. The molecule has 0 spiro atoms. The topological polar surface area (TPSA) is 70.7 Å². The van der Waals surface area contributed by atoms with Crippen molar-refractivity contribution in [3.63, 3.8) is 0 Å². The van der Waals surface area contributed by atoms with Crippen molar-refractivity contribution in [3.8, 4) is 0 Å². The Kier molecular flexibility index (Phi) is 8.13. The lowest BCUT2D eigenvalue weighted by atomic mass is 10.1. The summed E-state index contributed by atoms with van der Waals surface area (Å²) in [5.74, 6) is -0.767. The zero-order chi connectivity index (χ0) is 24.8. The van der Waals surface area contributed by atoms with Crippen LogP contribution >= 0.6 is 0 Å². The molecule has 1 saturated heterocycles. The number of nitrogens with zero attached hydrogens (tertiary/aromatic N) is 1. The van der Waals surface area contributed by atoms with Crippen LogP contribution in [0.2, 0.25) is 0 Å². The van der Waals surface area contributed by atoms with Crippen LogP contribution in [0.5, 0.6) is 0 Å². The quantitative estimate of drug-likeness (QED) is 0.505. The van der Waals surface area contributed by atoms with Gasteiger partial charge in [0.1, 0.15) is 17.7 Å². The Labute approximate surface area is 205 Å². The predicted octanol–water partition coefficient (Wildman–Crippen LogP) is 3.63. The maximum atomic E-state index is 13.2. The van der Waals surface area contributed by atoms with Gasteiger partial charge in [-0.1, -0.05) is 12.1 Å². The number of amides is 2. The Balaban J connectivity index is 1.27. The first kappa shape index (κ1) is 25.3. The summed E-state index contributed by atoms with van der Waals surface area (Å²) in [6.07, 6.45) is 3.13. The number of carbonyl (C=O) groups excluding carboxylic acids is 2. The van der Waals surface area contributed by atoms with Gasteiger partial charge in [-0.25, -0.2) is 8.78 Å². The second kappa shape index (κ2) is 11.3. The summed E-state index contributed by atoms with van der Waals surface area (Å²) in [6.45, 7) is 4.95. The highest BCUT2D eigenvalue weighted by Crippen LogP contribution is 2.51. The van der Waals surface area contributed by atoms with E-state index in [-0.39, 0.29) is 23.2 Å². The minimum atomic E-state index is -0.644. The van der Waals surface area contributed by atoms with Crippen molar-refractivity contribution in [1.82, 2.24) is 15.5 Å². The second-order valence-corrected chi connectivity index (χ2v) is 9.62. The normalized spacial score (nSPS) is 22.5. The molecule has 2 aromatic carbocycles. The van der Waals surface area contributed by atoms with Gasteiger partial charge in [0.15, 0.2) is 0 Å². The molecule has 8 heteroatoms. The molecular weight excluding hydrogens is 452 g/mol. The molecule has 2 aliphatic rings. The minimum Gasteiger partial charge on any atom is -0.378 e. The number of carbonyl (C=O) groups is 2. The summed E-state index contributed by atoms with van der Waals surface area (Å²) in [5, 5.41) is 6.46. The molecule has 0 unspecified atom stereocenters. The fraction of sp³-hybridized carbons (Fsp3) is 0.481. The van der Waals surface area contributed by atoms with Gasteiger partial charge < -0.3 is 20.3 Å². The van der Waals surface area contributed by atoms with Gasteiger partial charge in [-0.05, 0) is 81.1 Å². The fourth-order valence-corrected chi connectivity index (χ4v) is 4.69. The van der Waals surface area contributed by atoms with Gasteiger partial charge in [-0.2, -0.15) is 0 Å². The van der Waals surface area contributed by atoms with Crippen LogP contribution in [0.15, 0.2) is 48.5 Å². The van der Waals surface area contributed by atoms with E-state index in [0.29, 0.717) is 44.2 Å². The molecule has 1 heterocycles. The smallest absolute Gasteiger partial charge is 0.251 e. The van der Waals surface area contributed by atoms with Crippen LogP contribution in [-0.4, -0.2) is 61.1 Å². The molecule has 6 nitrogen and oxygen atoms in total. The number of morpholine rings is 1. The third-order valence-corrected chi connectivity index (χ3v) is 6.99. The Morgan fingerprint density at radius 1 is 1.03 bits per heavy atom. The van der Waals surface area contributed by atoms with Crippen LogP contribution in [-0.2, 0) is 9.53 Å². The lowest BCUT2D eigenvalue weighted by molar-refractivity contribution is -0.137. The summed E-state index contributed by atoms with van der Waals surface area (Å²) >= 11 is 0. The lowest BCUT2D eigenvalue weighted by Crippen LogP contribution is -2.51. The molecule has 1 aliphatic heterocycles. The SMILES string of the molecule is C[C@]1(NCCCC[C@H](NC(=O)c2ccc(F)cc2)C(=O)N2CCOCC2)C[C@@H]1c1ccc(F)cc1. The van der Waals surface area contributed by atoms with Gasteiger partial charge in [-0.3, -0.25) is 9.59 Å². The first-order valence-electron chi connectivity index (χ1n) is 12.3. The molecule has 2 aromatic rings. The largest absolute Gasteiger partial charge is 0.378 e. The van der Waals surface area contributed by atoms with Crippen LogP contribution in [0.1, 0.15) is 54.4 Å². The van der Waals surface area contributed by atoms with Gasteiger partial charge in [-0.15, -0.1) is 0 Å². The van der Waals surface area contributed by atoms with Crippen molar-refractivity contribution in [3.05, 3.63) is 71.3 Å². The molecule has 4 rings (SSSR count). The summed E-state index contributed by atoms with van der Waals surface area (Å²) in [6, 6.07) is 11.3. The van der Waals surface area contributed by atoms with E-state index in [1.165, 1.54) is 36.4 Å². The highest BCUT2D eigenvalue weighted by molar-refractivity contribution is 5.97. The molecule has 0 bridgehead atoms. The molecule has 1 saturated carbocycles. The maximum absolute atomic E-state index is 13.2. The zero-order valence-corrected chi connectivity index (χ0v) is 20.1. The van der Waals surface area contributed by atoms with Crippen LogP contribution in [0.25, 0.3) is 0 Å². The first-order chi connectivity index (χ1) is 16.9. The fourth-order valence-electron chi connectivity index (χ4n) is 4.69. The van der Waals surface area contributed by atoms with Gasteiger partial charge in [0, 0.05) is 30.1 Å². The standard InChI is InChI=1S/C27H33F2N3O3/c1-27(18-23(27)19-5-9-21(28)10-6-19)30-13-3-2-4-24(26(34)32-14-16-35-17-15-32)31-25(33)20-7-11-22(29)12-8-20/h5-12,23-24,30H,2-4,13-18H2,1H3,(H,31,33)/t23-,24+,27+/m1/s1. The van der Waals surface area contributed by atoms with E-state index in [2.05, 4.69) is 17.6 Å². The maximum Gasteiger partial charge on any atom is 0.251 e. The molecule has 2 N–H and O–H groups in total. The Hall–Kier alpha value is -2.84. The molecule has 0 aromatic heterocycles. The molecule has 188 valence electrons. The summed E-state index contributed by atoms with van der Waals surface area (Å²) in [5.41, 5.74) is 1.46. The van der Waals surface area contributed by atoms with Crippen molar-refractivity contribution in [2.45, 2.75) is 50.1 Å². The number of hydrogen-bond acceptors (Lipinski definition) is 4. The van der Waals surface area contributed by atoms with Crippen molar-refractivity contribution in [2.75, 3.05) is 32.8 Å². The highest BCUT2D eigenvalue weighted by Gasteiger charge is 2.50. The van der Waals surface area contributed by atoms with E-state index in [0.717, 1.165) is 31.4 Å². The molecule has 2 fully saturated rings. The van der Waals surface area contributed by atoms with E-state index in [4.69, 9.17) is 4.74 Å². The van der Waals surface area contributed by atoms with E-state index < -0.39 is 11.9 Å². The molecule has 3 atom stereocenters. The van der Waals surface area contributed by atoms with Crippen molar-refractivity contribution < 1.29 is 23.1 Å². The predicted molar refractivity (Wildman–Crippen MR) is 129 cm³/mol. The number of ether oxygens (including phenoxy) is 1. The van der Waals surface area contributed by atoms with Crippen molar-refractivity contribution in [2.24, 2.45) is 0 Å². The first-order valence-corrected chi connectivity index (χ1v) is 12.3. The molecule has 2 amide bonds. The molecular formula is C27H33F2N3O3. The lowest BCUT2D eigenvalue weighted by Gasteiger charge is -2.31. The minimum absolute atomic E-state index is 0.00233. The summed E-state index contributed by atoms with van der Waals surface area (Å²) < 4.78 is 31.8. The third kappa shape index (κ3) is 6.64. The van der Waals surface area contributed by atoms with Gasteiger partial charge in [0.2, 0.25) is 5.91 Å². The Morgan fingerprint density at radius 2 is 1.66 bits per heavy atom. The molecule has 0 radical (unpaired) electrons. The zero-order valence-electron chi connectivity index (χ0n) is 20.1. The van der Waals surface area contributed by atoms with E-state index in [1.807, 2.05) is 12.1 Å². The number of rotatable bonds is 10. The number of benzene rings is 2. The average molecular weight is 486 g/mol. The highest BCUT2D eigenvalue weighted by atomic mass is 19.1. The Bertz CT molecular complexity index is 1010. The average Bonchev–Trinajstić information content (AvgIpc) is 3.55. The second-order valence-electron chi connectivity index (χ2n) is 9.62. The van der Waals surface area contributed by atoms with Crippen LogP contribution in [0.3, 0.4) is 0 Å². The van der Waals surface area contributed by atoms with E-state index >= 15 is 0 Å². The molecule has 1 aliphatic carbocycles. The summed E-state index contributed by atoms with van der Waals surface area (Å²) in [7, 11) is 0. The van der Waals surface area contributed by atoms with Crippen molar-refractivity contribution in [1.29, 1.82) is 0 Å². The molecule has 35 heavy (non-hydrogen) atoms. The van der Waals surface area contributed by atoms with E-state index in [1.54, 1.807) is 4.90 Å². The summed E-state index contributed by atoms with van der Waals surface area (Å²) in [4.78, 5) is 27.6. The van der Waals surface area contributed by atoms with Gasteiger partial charge in [0.05, 0.1) is 13.2 Å². The van der Waals surface area contributed by atoms with Crippen molar-refractivity contribution >= 4 is 11.8 Å². The van der Waals surface area contributed by atoms with Crippen LogP contribution in [0.4, 0.5) is 8.78 Å². The van der Waals surface area contributed by atoms with Crippen LogP contribution < -0.4 is 10.6 Å². The number of unbranched alkanes of at least 4 members (excludes halogenated alkanes) is 1.